The van der Waals surface area contributed by atoms with Crippen LogP contribution in [0.1, 0.15) is 71.9 Å². The van der Waals surface area contributed by atoms with E-state index in [1.165, 1.54) is 12.8 Å². The van der Waals surface area contributed by atoms with Crippen molar-refractivity contribution < 1.29 is 37.5 Å². The summed E-state index contributed by atoms with van der Waals surface area (Å²) in [4.78, 5) is 13.8. The molecule has 0 bridgehead atoms. The van der Waals surface area contributed by atoms with Gasteiger partial charge in [0.1, 0.15) is 0 Å². The van der Waals surface area contributed by atoms with Crippen molar-refractivity contribution in [3.05, 3.63) is 59.8 Å². The minimum atomic E-state index is -0.375. The molecular formula is C28H45MnN4O4-. The Morgan fingerprint density at radius 1 is 0.892 bits per heavy atom. The largest absolute Gasteiger partial charge is 0.680 e. The summed E-state index contributed by atoms with van der Waals surface area (Å²) in [5.74, 6) is 0. The number of aromatic nitrogens is 1. The maximum absolute atomic E-state index is 8.56. The zero-order valence-corrected chi connectivity index (χ0v) is 23.7. The van der Waals surface area contributed by atoms with Gasteiger partial charge < -0.3 is 25.7 Å². The van der Waals surface area contributed by atoms with Crippen molar-refractivity contribution in [2.45, 2.75) is 109 Å². The first-order valence-electron chi connectivity index (χ1n) is 12.9. The summed E-state index contributed by atoms with van der Waals surface area (Å²) < 4.78 is 0. The minimum absolute atomic E-state index is 0. The van der Waals surface area contributed by atoms with E-state index in [4.69, 9.17) is 30.4 Å². The third-order valence-electron chi connectivity index (χ3n) is 5.34. The van der Waals surface area contributed by atoms with Gasteiger partial charge in [0.2, 0.25) is 0 Å². The third kappa shape index (κ3) is 18.9. The molecule has 1 radical (unpaired) electrons. The predicted octanol–water partition coefficient (Wildman–Crippen LogP) is 3.98. The van der Waals surface area contributed by atoms with Gasteiger partial charge >= 0.3 is 0 Å². The first-order valence-corrected chi connectivity index (χ1v) is 12.9. The smallest absolute Gasteiger partial charge is 0.0807 e. The zero-order valence-electron chi connectivity index (χ0n) is 22.5. The fraction of sp³-hybridized carbons (Fsp3) is 0.607. The Labute approximate surface area is 233 Å². The molecular weight excluding hydrogens is 511 g/mol. The van der Waals surface area contributed by atoms with E-state index in [0.29, 0.717) is 12.8 Å². The molecule has 7 atom stereocenters. The fourth-order valence-electron chi connectivity index (χ4n) is 3.76. The van der Waals surface area contributed by atoms with E-state index in [0.717, 1.165) is 18.5 Å². The number of hydrogen-bond donors (Lipinski definition) is 4. The molecule has 2 aliphatic rings. The second kappa shape index (κ2) is 21.1. The van der Waals surface area contributed by atoms with Crippen molar-refractivity contribution in [2.75, 3.05) is 0 Å². The van der Waals surface area contributed by atoms with Gasteiger partial charge in [-0.15, -0.1) is 0 Å². The van der Waals surface area contributed by atoms with E-state index in [1.807, 2.05) is 49.0 Å². The predicted molar refractivity (Wildman–Crippen MR) is 148 cm³/mol. The van der Waals surface area contributed by atoms with Crippen molar-refractivity contribution in [1.82, 2.24) is 4.98 Å². The Kier molecular flexibility index (Phi) is 20.0. The molecule has 1 aromatic heterocycles. The van der Waals surface area contributed by atoms with Gasteiger partial charge in [0.15, 0.2) is 0 Å². The molecule has 1 aromatic rings. The van der Waals surface area contributed by atoms with Crippen LogP contribution < -0.4 is 0 Å². The summed E-state index contributed by atoms with van der Waals surface area (Å²) in [7, 11) is 0. The topological polar surface area (TPSA) is 133 Å². The van der Waals surface area contributed by atoms with Gasteiger partial charge in [-0.2, -0.15) is 6.20 Å². The molecule has 9 heteroatoms. The van der Waals surface area contributed by atoms with Crippen molar-refractivity contribution in [1.29, 1.82) is 0 Å². The average Bonchev–Trinajstić information content (AvgIpc) is 2.82. The second-order valence-corrected chi connectivity index (χ2v) is 9.48. The van der Waals surface area contributed by atoms with Crippen LogP contribution >= 0.6 is 0 Å². The first kappa shape index (κ1) is 35.1. The monoisotopic (exact) mass is 556 g/mol. The standard InChI is InChI=1S/C18H21N4.2C5H12O2.Mn/c1-2-10-18(22-14-16-8-4-6-12-20-16)17(9-1)21-13-15-7-3-5-11-19-15;2*1-4(6)3-5(2)7;/h3-8,11-15,17-18H,1-2,9-10H2;2*4-7H,3H2,1-2H3;/q-1;;;. The van der Waals surface area contributed by atoms with Crippen LogP contribution in [-0.2, 0) is 17.1 Å². The minimum Gasteiger partial charge on any atom is -0.680 e. The van der Waals surface area contributed by atoms with Gasteiger partial charge in [0.05, 0.1) is 42.2 Å². The van der Waals surface area contributed by atoms with Crippen LogP contribution in [0.15, 0.2) is 58.8 Å². The Morgan fingerprint density at radius 3 is 1.89 bits per heavy atom. The Morgan fingerprint density at radius 2 is 1.46 bits per heavy atom. The SMILES string of the molecule is C1=C[N-]C(C=NC2CCCCC2N=Cc2ccccn2)C=C1.CC(O)CC(C)O.CC(O)CC(C)O.[Mn]. The second-order valence-electron chi connectivity index (χ2n) is 9.48. The quantitative estimate of drug-likeness (QED) is 0.284. The van der Waals surface area contributed by atoms with Gasteiger partial charge in [-0.1, -0.05) is 43.2 Å². The van der Waals surface area contributed by atoms with Crippen LogP contribution in [0.3, 0.4) is 0 Å². The zero-order chi connectivity index (χ0) is 26.8. The van der Waals surface area contributed by atoms with E-state index < -0.39 is 0 Å². The summed E-state index contributed by atoms with van der Waals surface area (Å²) in [5, 5.41) is 38.6. The molecule has 4 N–H and O–H groups in total. The Bertz CT molecular complexity index is 773. The van der Waals surface area contributed by atoms with Gasteiger partial charge in [-0.25, -0.2) is 0 Å². The van der Waals surface area contributed by atoms with E-state index in [9.17, 15) is 0 Å². The first-order chi connectivity index (χ1) is 17.2. The molecule has 0 aromatic carbocycles. The molecule has 209 valence electrons. The number of aliphatic imine (C=N–C) groups is 2. The number of rotatable bonds is 8. The van der Waals surface area contributed by atoms with E-state index >= 15 is 0 Å². The maximum atomic E-state index is 8.56. The molecule has 2 heterocycles. The van der Waals surface area contributed by atoms with Crippen LogP contribution in [0.4, 0.5) is 0 Å². The number of aliphatic hydroxyl groups excluding tert-OH is 4. The molecule has 8 nitrogen and oxygen atoms in total. The van der Waals surface area contributed by atoms with Crippen molar-refractivity contribution >= 4 is 12.4 Å². The normalized spacial score (nSPS) is 23.9. The number of aliphatic hydroxyl groups is 4. The van der Waals surface area contributed by atoms with Crippen LogP contribution in [0, 0.1) is 0 Å². The number of allylic oxidation sites excluding steroid dienone is 2. The number of nitrogens with zero attached hydrogens (tertiary/aromatic N) is 4. The molecule has 1 aliphatic heterocycles. The summed E-state index contributed by atoms with van der Waals surface area (Å²) in [6, 6.07) is 6.48. The van der Waals surface area contributed by atoms with Crippen molar-refractivity contribution in [2.24, 2.45) is 9.98 Å². The van der Waals surface area contributed by atoms with Gasteiger partial charge in [-0.3, -0.25) is 15.0 Å². The van der Waals surface area contributed by atoms with Gasteiger partial charge in [-0.05, 0) is 71.7 Å². The van der Waals surface area contributed by atoms with Crippen LogP contribution in [0.5, 0.6) is 0 Å². The molecule has 1 fully saturated rings. The van der Waals surface area contributed by atoms with Crippen molar-refractivity contribution in [3.63, 3.8) is 0 Å². The Balaban J connectivity index is 0.000000720. The fourth-order valence-corrected chi connectivity index (χ4v) is 3.76. The number of pyridine rings is 1. The summed E-state index contributed by atoms with van der Waals surface area (Å²) in [6.07, 6.45) is 17.6. The molecule has 37 heavy (non-hydrogen) atoms. The maximum Gasteiger partial charge on any atom is 0.0807 e. The van der Waals surface area contributed by atoms with E-state index in [2.05, 4.69) is 16.4 Å². The number of hydrogen-bond acceptors (Lipinski definition) is 7. The van der Waals surface area contributed by atoms with Crippen LogP contribution in [0.25, 0.3) is 5.32 Å². The average molecular weight is 557 g/mol. The molecule has 0 amide bonds. The van der Waals surface area contributed by atoms with Crippen LogP contribution in [-0.4, -0.2) is 80.4 Å². The third-order valence-corrected chi connectivity index (χ3v) is 5.34. The summed E-state index contributed by atoms with van der Waals surface area (Å²) in [6.45, 7) is 6.64. The van der Waals surface area contributed by atoms with E-state index in [-0.39, 0.29) is 59.6 Å². The molecule has 1 aliphatic carbocycles. The molecule has 1 saturated carbocycles. The van der Waals surface area contributed by atoms with Gasteiger partial charge in [0, 0.05) is 29.5 Å². The molecule has 0 spiro atoms. The molecule has 3 rings (SSSR count). The van der Waals surface area contributed by atoms with Gasteiger partial charge in [0.25, 0.3) is 0 Å². The van der Waals surface area contributed by atoms with Crippen molar-refractivity contribution in [3.8, 4) is 0 Å². The summed E-state index contributed by atoms with van der Waals surface area (Å²) in [5.41, 5.74) is 0.908. The van der Waals surface area contributed by atoms with Crippen LogP contribution in [0.2, 0.25) is 0 Å². The molecule has 7 unspecified atom stereocenters. The van der Waals surface area contributed by atoms with E-state index in [1.54, 1.807) is 33.9 Å². The molecule has 0 saturated heterocycles. The Hall–Kier alpha value is -1.87. The summed E-state index contributed by atoms with van der Waals surface area (Å²) >= 11 is 0.